The second-order valence-electron chi connectivity index (χ2n) is 4.23. The molecule has 1 rings (SSSR count). The van der Waals surface area contributed by atoms with Crippen molar-refractivity contribution >= 4 is 11.0 Å². The normalized spacial score (nSPS) is 16.6. The maximum absolute atomic E-state index is 11.7. The molecule has 1 aromatic rings. The number of aromatic nitrogens is 2. The Hall–Kier alpha value is -0.680. The van der Waals surface area contributed by atoms with Crippen molar-refractivity contribution in [3.63, 3.8) is 0 Å². The quantitative estimate of drug-likeness (QED) is 0.803. The Morgan fingerprint density at radius 3 is 2.64 bits per heavy atom. The van der Waals surface area contributed by atoms with Crippen LogP contribution in [-0.4, -0.2) is 19.2 Å². The van der Waals surface area contributed by atoms with Crippen LogP contribution in [0.5, 0.6) is 0 Å². The molecule has 1 aromatic heterocycles. The summed E-state index contributed by atoms with van der Waals surface area (Å²) in [5.41, 5.74) is 0.947. The molecule has 2 N–H and O–H groups in total. The fourth-order valence-electron chi connectivity index (χ4n) is 0.909. The van der Waals surface area contributed by atoms with E-state index in [9.17, 15) is 4.21 Å². The van der Waals surface area contributed by atoms with Crippen LogP contribution in [0.15, 0.2) is 12.3 Å². The molecule has 4 nitrogen and oxygen atoms in total. The van der Waals surface area contributed by atoms with Gasteiger partial charge in [0.05, 0.1) is 27.5 Å². The van der Waals surface area contributed by atoms with Gasteiger partial charge in [0.2, 0.25) is 0 Å². The van der Waals surface area contributed by atoms with Crippen LogP contribution >= 0.6 is 0 Å². The number of hydrogen-bond donors (Lipinski definition) is 2. The maximum Gasteiger partial charge on any atom is 0.0976 e. The average molecular weight is 215 g/mol. The Kier molecular flexibility index (Phi) is 3.44. The number of aromatic amines is 1. The fraction of sp³-hybridized carbons (Fsp3) is 0.667. The van der Waals surface area contributed by atoms with E-state index in [0.717, 1.165) is 5.69 Å². The van der Waals surface area contributed by atoms with E-state index in [1.807, 2.05) is 33.8 Å². The van der Waals surface area contributed by atoms with Crippen molar-refractivity contribution in [1.82, 2.24) is 14.9 Å². The van der Waals surface area contributed by atoms with E-state index >= 15 is 0 Å². The third-order valence-electron chi connectivity index (χ3n) is 1.83. The van der Waals surface area contributed by atoms with Crippen LogP contribution in [0, 0.1) is 0 Å². The zero-order chi connectivity index (χ0) is 10.8. The largest absolute Gasteiger partial charge is 0.281 e. The summed E-state index contributed by atoms with van der Waals surface area (Å²) in [4.78, 5) is 0. The molecule has 0 amide bonds. The summed E-state index contributed by atoms with van der Waals surface area (Å²) in [5.74, 6) is 0. The number of H-pyrrole nitrogens is 1. The maximum atomic E-state index is 11.7. The lowest BCUT2D eigenvalue weighted by Gasteiger charge is -2.21. The van der Waals surface area contributed by atoms with E-state index in [-0.39, 0.29) is 10.8 Å². The zero-order valence-electron chi connectivity index (χ0n) is 9.00. The Balaban J connectivity index is 2.58. The summed E-state index contributed by atoms with van der Waals surface area (Å²) in [6.07, 6.45) is 1.69. The van der Waals surface area contributed by atoms with Crippen LogP contribution in [0.25, 0.3) is 0 Å². The van der Waals surface area contributed by atoms with Gasteiger partial charge >= 0.3 is 0 Å². The molecule has 0 aliphatic rings. The van der Waals surface area contributed by atoms with Crippen molar-refractivity contribution in [2.24, 2.45) is 0 Å². The first kappa shape index (κ1) is 11.4. The molecule has 14 heavy (non-hydrogen) atoms. The van der Waals surface area contributed by atoms with Gasteiger partial charge in [-0.2, -0.15) is 5.10 Å². The summed E-state index contributed by atoms with van der Waals surface area (Å²) in [6.45, 7) is 7.78. The van der Waals surface area contributed by atoms with Crippen LogP contribution in [0.4, 0.5) is 0 Å². The Morgan fingerprint density at radius 1 is 1.57 bits per heavy atom. The summed E-state index contributed by atoms with van der Waals surface area (Å²) in [5, 5.41) is 6.70. The molecular formula is C9H17N3OS. The third-order valence-corrected chi connectivity index (χ3v) is 3.51. The highest BCUT2D eigenvalue weighted by Gasteiger charge is 2.21. The van der Waals surface area contributed by atoms with E-state index in [2.05, 4.69) is 14.9 Å². The minimum atomic E-state index is -1.05. The molecule has 0 saturated carbocycles. The number of hydrogen-bond acceptors (Lipinski definition) is 2. The van der Waals surface area contributed by atoms with Crippen molar-refractivity contribution in [2.75, 3.05) is 0 Å². The highest BCUT2D eigenvalue weighted by molar-refractivity contribution is 7.84. The highest BCUT2D eigenvalue weighted by Crippen LogP contribution is 2.14. The topological polar surface area (TPSA) is 57.8 Å². The summed E-state index contributed by atoms with van der Waals surface area (Å²) < 4.78 is 14.5. The Morgan fingerprint density at radius 2 is 2.21 bits per heavy atom. The van der Waals surface area contributed by atoms with Crippen LogP contribution < -0.4 is 4.72 Å². The predicted octanol–water partition coefficient (Wildman–Crippen LogP) is 1.52. The Labute approximate surface area is 87.1 Å². The lowest BCUT2D eigenvalue weighted by atomic mass is 10.3. The average Bonchev–Trinajstić information content (AvgIpc) is 2.53. The molecule has 0 aromatic carbocycles. The molecular weight excluding hydrogens is 198 g/mol. The second-order valence-corrected chi connectivity index (χ2v) is 6.23. The molecule has 2 atom stereocenters. The molecule has 0 spiro atoms. The first-order valence-corrected chi connectivity index (χ1v) is 5.73. The molecule has 0 aliphatic heterocycles. The molecule has 0 radical (unpaired) electrons. The Bertz CT molecular complexity index is 302. The number of rotatable bonds is 3. The van der Waals surface area contributed by atoms with Crippen LogP contribution in [0.1, 0.15) is 39.4 Å². The van der Waals surface area contributed by atoms with Crippen molar-refractivity contribution in [3.05, 3.63) is 18.0 Å². The van der Waals surface area contributed by atoms with Gasteiger partial charge < -0.3 is 0 Å². The van der Waals surface area contributed by atoms with Gasteiger partial charge in [-0.25, -0.2) is 8.93 Å². The second kappa shape index (κ2) is 4.23. The fourth-order valence-corrected chi connectivity index (χ4v) is 1.71. The molecule has 1 heterocycles. The van der Waals surface area contributed by atoms with E-state index in [0.29, 0.717) is 0 Å². The van der Waals surface area contributed by atoms with Crippen LogP contribution in [-0.2, 0) is 11.0 Å². The van der Waals surface area contributed by atoms with Gasteiger partial charge in [-0.15, -0.1) is 0 Å². The van der Waals surface area contributed by atoms with Gasteiger partial charge in [0.1, 0.15) is 0 Å². The molecule has 0 saturated heterocycles. The molecule has 0 fully saturated rings. The lowest BCUT2D eigenvalue weighted by Crippen LogP contribution is -2.34. The molecule has 0 aliphatic carbocycles. The number of nitrogens with zero attached hydrogens (tertiary/aromatic N) is 1. The van der Waals surface area contributed by atoms with Crippen LogP contribution in [0.2, 0.25) is 0 Å². The molecule has 80 valence electrons. The summed E-state index contributed by atoms with van der Waals surface area (Å²) in [6, 6.07) is 1.90. The minimum Gasteiger partial charge on any atom is -0.281 e. The zero-order valence-corrected chi connectivity index (χ0v) is 9.81. The van der Waals surface area contributed by atoms with Gasteiger partial charge in [-0.3, -0.25) is 5.10 Å². The first-order chi connectivity index (χ1) is 6.41. The van der Waals surface area contributed by atoms with Gasteiger partial charge in [-0.1, -0.05) is 0 Å². The monoisotopic (exact) mass is 215 g/mol. The van der Waals surface area contributed by atoms with Gasteiger partial charge in [0, 0.05) is 6.20 Å². The smallest absolute Gasteiger partial charge is 0.0976 e. The van der Waals surface area contributed by atoms with Gasteiger partial charge in [0.15, 0.2) is 0 Å². The molecule has 0 bridgehead atoms. The van der Waals surface area contributed by atoms with E-state index in [4.69, 9.17) is 0 Å². The van der Waals surface area contributed by atoms with Gasteiger partial charge in [0.25, 0.3) is 0 Å². The van der Waals surface area contributed by atoms with Crippen molar-refractivity contribution in [1.29, 1.82) is 0 Å². The van der Waals surface area contributed by atoms with E-state index in [1.54, 1.807) is 6.20 Å². The van der Waals surface area contributed by atoms with Crippen molar-refractivity contribution < 1.29 is 4.21 Å². The third kappa shape index (κ3) is 2.92. The van der Waals surface area contributed by atoms with E-state index in [1.165, 1.54) is 0 Å². The summed E-state index contributed by atoms with van der Waals surface area (Å²) >= 11 is 0. The minimum absolute atomic E-state index is 0.0255. The molecule has 5 heteroatoms. The lowest BCUT2D eigenvalue weighted by molar-refractivity contribution is 0.611. The van der Waals surface area contributed by atoms with Crippen molar-refractivity contribution in [3.8, 4) is 0 Å². The highest BCUT2D eigenvalue weighted by atomic mass is 32.2. The summed E-state index contributed by atoms with van der Waals surface area (Å²) in [7, 11) is -1.05. The van der Waals surface area contributed by atoms with Gasteiger partial charge in [-0.05, 0) is 33.8 Å². The van der Waals surface area contributed by atoms with Crippen LogP contribution in [0.3, 0.4) is 0 Å². The number of nitrogens with one attached hydrogen (secondary N) is 2. The van der Waals surface area contributed by atoms with E-state index < -0.39 is 11.0 Å². The standard InChI is InChI=1S/C9H17N3OS/c1-7(8-5-6-10-11-8)12-14(13)9(2,3)4/h5-7,12H,1-4H3,(H,10,11)/t7-,14-/m1/s1. The SMILES string of the molecule is C[C@@H](N[S@](=O)C(C)(C)C)c1ccn[nH]1. The molecule has 0 unspecified atom stereocenters. The predicted molar refractivity (Wildman–Crippen MR) is 58.0 cm³/mol. The van der Waals surface area contributed by atoms with Crippen molar-refractivity contribution in [2.45, 2.75) is 38.5 Å². The first-order valence-electron chi connectivity index (χ1n) is 4.58.